The number of methoxy groups -OCH3 is 1. The topological polar surface area (TPSA) is 76.1 Å². The third kappa shape index (κ3) is 3.47. The van der Waals surface area contributed by atoms with E-state index in [9.17, 15) is 4.79 Å². The Bertz CT molecular complexity index is 671. The minimum atomic E-state index is -0.256. The molecule has 0 atom stereocenters. The van der Waals surface area contributed by atoms with Gasteiger partial charge in [0.25, 0.3) is 5.91 Å². The van der Waals surface area contributed by atoms with E-state index in [1.165, 1.54) is 7.11 Å². The van der Waals surface area contributed by atoms with Gasteiger partial charge in [0.2, 0.25) is 11.8 Å². The summed E-state index contributed by atoms with van der Waals surface area (Å²) in [6, 6.07) is 7.12. The van der Waals surface area contributed by atoms with Gasteiger partial charge in [-0.2, -0.15) is 4.98 Å². The van der Waals surface area contributed by atoms with Gasteiger partial charge in [0.1, 0.15) is 0 Å². The number of carbonyl (C=O) groups is 1. The van der Waals surface area contributed by atoms with Crippen LogP contribution in [0.4, 0.5) is 11.6 Å². The molecule has 6 heteroatoms. The number of carbonyl (C=O) groups excluding carboxylic acids is 1. The monoisotopic (exact) mass is 286 g/mol. The molecule has 0 bridgehead atoms. The Labute approximate surface area is 123 Å². The molecule has 2 rings (SSSR count). The number of benzene rings is 1. The van der Waals surface area contributed by atoms with Gasteiger partial charge in [-0.1, -0.05) is 0 Å². The zero-order chi connectivity index (χ0) is 15.4. The van der Waals surface area contributed by atoms with Crippen molar-refractivity contribution in [3.8, 4) is 5.88 Å². The summed E-state index contributed by atoms with van der Waals surface area (Å²) in [6.07, 6.45) is 0. The number of ether oxygens (including phenoxy) is 1. The van der Waals surface area contributed by atoms with Gasteiger partial charge < -0.3 is 10.1 Å². The molecule has 0 aliphatic heterocycles. The first kappa shape index (κ1) is 14.8. The van der Waals surface area contributed by atoms with Crippen LogP contribution in [0.15, 0.2) is 24.3 Å². The molecule has 110 valence electrons. The molecule has 1 aromatic heterocycles. The van der Waals surface area contributed by atoms with E-state index in [0.717, 1.165) is 16.9 Å². The Hall–Kier alpha value is -2.63. The molecular formula is C15H18N4O2. The van der Waals surface area contributed by atoms with E-state index in [4.69, 9.17) is 4.74 Å². The smallest absolute Gasteiger partial charge is 0.258 e. The number of hydrogen-bond donors (Lipinski definition) is 2. The fourth-order valence-electron chi connectivity index (χ4n) is 1.96. The maximum absolute atomic E-state index is 12.2. The third-order valence-electron chi connectivity index (χ3n) is 3.02. The van der Waals surface area contributed by atoms with Crippen molar-refractivity contribution in [3.63, 3.8) is 0 Å². The van der Waals surface area contributed by atoms with Crippen LogP contribution in [0.5, 0.6) is 5.88 Å². The van der Waals surface area contributed by atoms with Crippen LogP contribution in [0.1, 0.15) is 21.6 Å². The van der Waals surface area contributed by atoms with E-state index in [-0.39, 0.29) is 11.9 Å². The number of nitrogens with zero attached hydrogens (tertiary/aromatic N) is 2. The van der Waals surface area contributed by atoms with E-state index in [0.29, 0.717) is 11.4 Å². The molecule has 0 aliphatic carbocycles. The lowest BCUT2D eigenvalue weighted by Gasteiger charge is -2.09. The molecule has 1 aromatic carbocycles. The van der Waals surface area contributed by atoms with Crippen LogP contribution in [-0.2, 0) is 0 Å². The van der Waals surface area contributed by atoms with E-state index in [2.05, 4.69) is 20.6 Å². The molecule has 0 fully saturated rings. The van der Waals surface area contributed by atoms with Crippen molar-refractivity contribution >= 4 is 17.5 Å². The van der Waals surface area contributed by atoms with Gasteiger partial charge in [-0.05, 0) is 37.6 Å². The van der Waals surface area contributed by atoms with Crippen LogP contribution >= 0.6 is 0 Å². The lowest BCUT2D eigenvalue weighted by atomic mass is 10.1. The third-order valence-corrected chi connectivity index (χ3v) is 3.02. The summed E-state index contributed by atoms with van der Waals surface area (Å²) in [5, 5.41) is 5.74. The largest absolute Gasteiger partial charge is 0.481 e. The average Bonchev–Trinajstić information content (AvgIpc) is 2.46. The van der Waals surface area contributed by atoms with Crippen molar-refractivity contribution in [1.29, 1.82) is 0 Å². The van der Waals surface area contributed by atoms with E-state index in [1.807, 2.05) is 33.0 Å². The lowest BCUT2D eigenvalue weighted by Crippen LogP contribution is -2.15. The van der Waals surface area contributed by atoms with Crippen LogP contribution in [0.25, 0.3) is 0 Å². The second kappa shape index (κ2) is 6.21. The van der Waals surface area contributed by atoms with Crippen molar-refractivity contribution in [2.45, 2.75) is 13.8 Å². The second-order valence-electron chi connectivity index (χ2n) is 4.61. The van der Waals surface area contributed by atoms with E-state index in [1.54, 1.807) is 12.1 Å². The first-order valence-corrected chi connectivity index (χ1v) is 6.53. The molecule has 0 spiro atoms. The Kier molecular flexibility index (Phi) is 4.37. The molecule has 1 amide bonds. The number of amides is 1. The Balaban J connectivity index is 2.21. The zero-order valence-corrected chi connectivity index (χ0v) is 12.5. The lowest BCUT2D eigenvalue weighted by molar-refractivity contribution is 0.102. The highest BCUT2D eigenvalue weighted by molar-refractivity contribution is 6.03. The Morgan fingerprint density at radius 2 is 1.95 bits per heavy atom. The summed E-state index contributed by atoms with van der Waals surface area (Å²) >= 11 is 0. The van der Waals surface area contributed by atoms with Crippen molar-refractivity contribution in [3.05, 3.63) is 41.1 Å². The molecule has 0 saturated carbocycles. The molecule has 1 heterocycles. The molecule has 0 radical (unpaired) electrons. The minimum absolute atomic E-state index is 0.229. The molecule has 2 N–H and O–H groups in total. The summed E-state index contributed by atoms with van der Waals surface area (Å²) < 4.78 is 5.06. The van der Waals surface area contributed by atoms with Gasteiger partial charge in [0.05, 0.1) is 7.11 Å². The molecular weight excluding hydrogens is 268 g/mol. The van der Waals surface area contributed by atoms with Gasteiger partial charge in [-0.15, -0.1) is 0 Å². The molecule has 0 unspecified atom stereocenters. The molecule has 2 aromatic rings. The van der Waals surface area contributed by atoms with Crippen LogP contribution in [0, 0.1) is 13.8 Å². The maximum Gasteiger partial charge on any atom is 0.258 e. The number of aromatic nitrogens is 2. The van der Waals surface area contributed by atoms with Crippen molar-refractivity contribution < 1.29 is 9.53 Å². The summed E-state index contributed by atoms with van der Waals surface area (Å²) in [7, 11) is 3.36. The summed E-state index contributed by atoms with van der Waals surface area (Å²) in [5.74, 6) is 0.389. The summed E-state index contributed by atoms with van der Waals surface area (Å²) in [5.41, 5.74) is 3.25. The van der Waals surface area contributed by atoms with Gasteiger partial charge in [-0.3, -0.25) is 10.1 Å². The highest BCUT2D eigenvalue weighted by Gasteiger charge is 2.10. The van der Waals surface area contributed by atoms with E-state index < -0.39 is 0 Å². The second-order valence-corrected chi connectivity index (χ2v) is 4.61. The number of aryl methyl sites for hydroxylation is 2. The van der Waals surface area contributed by atoms with Gasteiger partial charge in [0, 0.05) is 30.1 Å². The van der Waals surface area contributed by atoms with Crippen molar-refractivity contribution in [2.75, 3.05) is 24.8 Å². The first-order valence-electron chi connectivity index (χ1n) is 6.53. The maximum atomic E-state index is 12.2. The fourth-order valence-corrected chi connectivity index (χ4v) is 1.96. The normalized spacial score (nSPS) is 10.1. The van der Waals surface area contributed by atoms with Crippen LogP contribution in [-0.4, -0.2) is 30.0 Å². The van der Waals surface area contributed by atoms with Crippen LogP contribution < -0.4 is 15.4 Å². The van der Waals surface area contributed by atoms with Gasteiger partial charge in [-0.25, -0.2) is 4.98 Å². The highest BCUT2D eigenvalue weighted by atomic mass is 16.5. The predicted octanol–water partition coefficient (Wildman–Crippen LogP) is 2.40. The first-order chi connectivity index (χ1) is 10.0. The summed E-state index contributed by atoms with van der Waals surface area (Å²) in [4.78, 5) is 20.5. The van der Waals surface area contributed by atoms with Crippen LogP contribution in [0.2, 0.25) is 0 Å². The molecule has 0 aliphatic rings. The fraction of sp³-hybridized carbons (Fsp3) is 0.267. The standard InChI is InChI=1S/C15H18N4O2/c1-9-7-11(5-6-12(9)16-3)14(20)19-15-17-10(2)8-13(18-15)21-4/h5-8,16H,1-4H3,(H,17,18,19,20). The number of hydrogen-bond acceptors (Lipinski definition) is 5. The predicted molar refractivity (Wildman–Crippen MR) is 82.0 cm³/mol. The summed E-state index contributed by atoms with van der Waals surface area (Å²) in [6.45, 7) is 3.75. The Morgan fingerprint density at radius 1 is 1.19 bits per heavy atom. The number of rotatable bonds is 4. The highest BCUT2D eigenvalue weighted by Crippen LogP contribution is 2.17. The van der Waals surface area contributed by atoms with Gasteiger partial charge >= 0.3 is 0 Å². The number of nitrogens with one attached hydrogen (secondary N) is 2. The minimum Gasteiger partial charge on any atom is -0.481 e. The molecule has 21 heavy (non-hydrogen) atoms. The quantitative estimate of drug-likeness (QED) is 0.902. The average molecular weight is 286 g/mol. The van der Waals surface area contributed by atoms with Gasteiger partial charge in [0.15, 0.2) is 0 Å². The Morgan fingerprint density at radius 3 is 2.57 bits per heavy atom. The number of anilines is 2. The van der Waals surface area contributed by atoms with Crippen molar-refractivity contribution in [2.24, 2.45) is 0 Å². The molecule has 0 saturated heterocycles. The molecule has 6 nitrogen and oxygen atoms in total. The SMILES string of the molecule is CNc1ccc(C(=O)Nc2nc(C)cc(OC)n2)cc1C. The van der Waals surface area contributed by atoms with Crippen LogP contribution in [0.3, 0.4) is 0 Å². The van der Waals surface area contributed by atoms with E-state index >= 15 is 0 Å². The zero-order valence-electron chi connectivity index (χ0n) is 12.5. The van der Waals surface area contributed by atoms with Crippen molar-refractivity contribution in [1.82, 2.24) is 9.97 Å².